The van der Waals surface area contributed by atoms with Crippen molar-refractivity contribution < 1.29 is 0 Å². The van der Waals surface area contributed by atoms with E-state index in [4.69, 9.17) is 10.2 Å². The second kappa shape index (κ2) is 8.85. The smallest absolute Gasteiger partial charge is 0.114 e. The van der Waals surface area contributed by atoms with Crippen LogP contribution in [0.3, 0.4) is 0 Å². The molecule has 0 unspecified atom stereocenters. The van der Waals surface area contributed by atoms with Crippen LogP contribution in [-0.2, 0) is 0 Å². The first-order valence-corrected chi connectivity index (χ1v) is 12.3. The highest BCUT2D eigenvalue weighted by Gasteiger charge is 2.09. The third kappa shape index (κ3) is 3.95. The van der Waals surface area contributed by atoms with Gasteiger partial charge in [0.1, 0.15) is 11.0 Å². The number of hydrogen-bond donors (Lipinski definition) is 0. The fourth-order valence-corrected chi connectivity index (χ4v) is 4.82. The lowest BCUT2D eigenvalue weighted by Crippen LogP contribution is -1.98. The predicted octanol–water partition coefficient (Wildman–Crippen LogP) is 7.97. The Hall–Kier alpha value is -5.09. The van der Waals surface area contributed by atoms with Gasteiger partial charge in [0.05, 0.1) is 5.69 Å². The van der Waals surface area contributed by atoms with Crippen molar-refractivity contribution in [3.05, 3.63) is 134 Å². The first-order valence-electron chi connectivity index (χ1n) is 12.3. The summed E-state index contributed by atoms with van der Waals surface area (Å²) in [7, 11) is 0. The molecular weight excluding hydrogens is 452 g/mol. The maximum atomic E-state index is 4.78. The summed E-state index contributed by atoms with van der Waals surface area (Å²) in [4.78, 5) is 6.13. The van der Waals surface area contributed by atoms with Gasteiger partial charge >= 0.3 is 0 Å². The molecule has 2 aromatic heterocycles. The molecule has 0 aliphatic rings. The van der Waals surface area contributed by atoms with E-state index in [2.05, 4.69) is 108 Å². The third-order valence-electron chi connectivity index (χ3n) is 6.78. The van der Waals surface area contributed by atoms with Crippen molar-refractivity contribution in [3.8, 4) is 39.1 Å². The van der Waals surface area contributed by atoms with Crippen molar-refractivity contribution in [3.63, 3.8) is 0 Å². The zero-order valence-corrected chi connectivity index (χ0v) is 20.0. The number of pyridine rings is 1. The van der Waals surface area contributed by atoms with Crippen molar-refractivity contribution in [2.24, 2.45) is 0 Å². The minimum Gasteiger partial charge on any atom is -0.263 e. The molecule has 0 amide bonds. The number of hydrogen-bond acceptors (Lipinski definition) is 3. The highest BCUT2D eigenvalue weighted by molar-refractivity contribution is 5.95. The van der Waals surface area contributed by atoms with Crippen molar-refractivity contribution >= 4 is 21.8 Å². The number of benzene rings is 5. The Labute approximate surface area is 214 Å². The lowest BCUT2D eigenvalue weighted by atomic mass is 10.0. The van der Waals surface area contributed by atoms with Crippen LogP contribution in [0.2, 0.25) is 0 Å². The average Bonchev–Trinajstić information content (AvgIpc) is 3.41. The summed E-state index contributed by atoms with van der Waals surface area (Å²) in [5, 5.41) is 11.8. The number of fused-ring (bicyclic) bond motifs is 2. The Morgan fingerprint density at radius 2 is 1.08 bits per heavy atom. The van der Waals surface area contributed by atoms with E-state index in [-0.39, 0.29) is 0 Å². The van der Waals surface area contributed by atoms with Gasteiger partial charge in [-0.25, -0.2) is 0 Å². The summed E-state index contributed by atoms with van der Waals surface area (Å²) >= 11 is 0. The Morgan fingerprint density at radius 3 is 1.89 bits per heavy atom. The van der Waals surface area contributed by atoms with Gasteiger partial charge in [0, 0.05) is 23.3 Å². The molecule has 4 heteroatoms. The maximum Gasteiger partial charge on any atom is 0.114 e. The summed E-state index contributed by atoms with van der Waals surface area (Å²) in [5.74, 6) is 0. The Bertz CT molecular complexity index is 1850. The fraction of sp³-hybridized carbons (Fsp3) is 0. The van der Waals surface area contributed by atoms with Crippen LogP contribution in [0.15, 0.2) is 134 Å². The van der Waals surface area contributed by atoms with Gasteiger partial charge in [0.25, 0.3) is 0 Å². The minimum atomic E-state index is 0.868. The van der Waals surface area contributed by atoms with Crippen molar-refractivity contribution in [2.75, 3.05) is 0 Å². The molecule has 0 fully saturated rings. The second-order valence-corrected chi connectivity index (χ2v) is 9.09. The van der Waals surface area contributed by atoms with Gasteiger partial charge in [0.2, 0.25) is 0 Å². The zero-order chi connectivity index (χ0) is 24.6. The van der Waals surface area contributed by atoms with E-state index in [1.807, 2.05) is 30.6 Å². The normalized spacial score (nSPS) is 11.2. The molecule has 7 aromatic rings. The predicted molar refractivity (Wildman–Crippen MR) is 150 cm³/mol. The van der Waals surface area contributed by atoms with Crippen molar-refractivity contribution in [1.29, 1.82) is 0 Å². The second-order valence-electron chi connectivity index (χ2n) is 9.09. The van der Waals surface area contributed by atoms with Gasteiger partial charge in [-0.2, -0.15) is 4.80 Å². The standard InChI is InChI=1S/C33H22N4/c1-2-6-23(7-3-1)24-10-12-25(13-11-24)27-16-19-32-33(20-27)36-37(35-32)29-17-14-26(15-18-29)31-22-34-21-28-8-4-5-9-30(28)31/h1-22H. The number of aromatic nitrogens is 4. The van der Waals surface area contributed by atoms with Gasteiger partial charge in [0.15, 0.2) is 0 Å². The van der Waals surface area contributed by atoms with Crippen LogP contribution in [0.5, 0.6) is 0 Å². The molecular formula is C33H22N4. The molecule has 0 radical (unpaired) electrons. The molecule has 5 aromatic carbocycles. The molecule has 4 nitrogen and oxygen atoms in total. The van der Waals surface area contributed by atoms with Crippen LogP contribution in [0, 0.1) is 0 Å². The van der Waals surface area contributed by atoms with Crippen LogP contribution in [0.1, 0.15) is 0 Å². The van der Waals surface area contributed by atoms with Crippen molar-refractivity contribution in [2.45, 2.75) is 0 Å². The highest BCUT2D eigenvalue weighted by atomic mass is 15.5. The largest absolute Gasteiger partial charge is 0.263 e. The molecule has 0 aliphatic carbocycles. The number of nitrogens with zero attached hydrogens (tertiary/aromatic N) is 4. The first kappa shape index (κ1) is 21.2. The van der Waals surface area contributed by atoms with Crippen LogP contribution in [0.4, 0.5) is 0 Å². The molecule has 0 spiro atoms. The molecule has 2 heterocycles. The minimum absolute atomic E-state index is 0.868. The molecule has 37 heavy (non-hydrogen) atoms. The Morgan fingerprint density at radius 1 is 0.459 bits per heavy atom. The maximum absolute atomic E-state index is 4.78. The molecule has 0 aliphatic heterocycles. The van der Waals surface area contributed by atoms with E-state index >= 15 is 0 Å². The Balaban J connectivity index is 1.18. The van der Waals surface area contributed by atoms with E-state index in [1.165, 1.54) is 16.5 Å². The molecule has 0 saturated heterocycles. The summed E-state index contributed by atoms with van der Waals surface area (Å²) in [6, 6.07) is 42.0. The van der Waals surface area contributed by atoms with E-state index in [0.717, 1.165) is 44.4 Å². The van der Waals surface area contributed by atoms with Gasteiger partial charge < -0.3 is 0 Å². The quantitative estimate of drug-likeness (QED) is 0.260. The zero-order valence-electron chi connectivity index (χ0n) is 20.0. The third-order valence-corrected chi connectivity index (χ3v) is 6.78. The van der Waals surface area contributed by atoms with Gasteiger partial charge in [-0.3, -0.25) is 4.98 Å². The van der Waals surface area contributed by atoms with Crippen LogP contribution in [-0.4, -0.2) is 20.0 Å². The van der Waals surface area contributed by atoms with E-state index < -0.39 is 0 Å². The highest BCUT2D eigenvalue weighted by Crippen LogP contribution is 2.29. The van der Waals surface area contributed by atoms with Crippen LogP contribution in [0.25, 0.3) is 60.9 Å². The summed E-state index contributed by atoms with van der Waals surface area (Å²) in [6.45, 7) is 0. The van der Waals surface area contributed by atoms with E-state index in [1.54, 1.807) is 4.80 Å². The molecule has 0 N–H and O–H groups in total. The van der Waals surface area contributed by atoms with E-state index in [0.29, 0.717) is 0 Å². The lowest BCUT2D eigenvalue weighted by molar-refractivity contribution is 0.766. The molecule has 7 rings (SSSR count). The summed E-state index contributed by atoms with van der Waals surface area (Å²) in [6.07, 6.45) is 3.82. The molecule has 0 bridgehead atoms. The summed E-state index contributed by atoms with van der Waals surface area (Å²) in [5.41, 5.74) is 9.59. The van der Waals surface area contributed by atoms with Gasteiger partial charge in [-0.15, -0.1) is 10.2 Å². The fourth-order valence-electron chi connectivity index (χ4n) is 4.82. The molecule has 174 valence electrons. The molecule has 0 saturated carbocycles. The molecule has 0 atom stereocenters. The lowest BCUT2D eigenvalue weighted by Gasteiger charge is -2.07. The average molecular weight is 475 g/mol. The van der Waals surface area contributed by atoms with Gasteiger partial charge in [-0.05, 0) is 57.5 Å². The number of rotatable bonds is 4. The van der Waals surface area contributed by atoms with E-state index in [9.17, 15) is 0 Å². The monoisotopic (exact) mass is 474 g/mol. The first-order chi connectivity index (χ1) is 18.3. The SMILES string of the molecule is c1ccc(-c2ccc(-c3ccc4nn(-c5ccc(-c6cncc7ccccc67)cc5)nc4c3)cc2)cc1. The van der Waals surface area contributed by atoms with Crippen LogP contribution < -0.4 is 0 Å². The summed E-state index contributed by atoms with van der Waals surface area (Å²) < 4.78 is 0. The Kier molecular flexibility index (Phi) is 5.07. The topological polar surface area (TPSA) is 43.6 Å². The van der Waals surface area contributed by atoms with Crippen molar-refractivity contribution in [1.82, 2.24) is 20.0 Å². The van der Waals surface area contributed by atoms with Crippen LogP contribution >= 0.6 is 0 Å². The van der Waals surface area contributed by atoms with Gasteiger partial charge in [-0.1, -0.05) is 97.1 Å².